The predicted molar refractivity (Wildman–Crippen MR) is 76.8 cm³/mol. The summed E-state index contributed by atoms with van der Waals surface area (Å²) in [7, 11) is -3.57. The van der Waals surface area contributed by atoms with Crippen molar-refractivity contribution >= 4 is 32.1 Å². The molecule has 0 saturated carbocycles. The molecule has 2 aromatic heterocycles. The van der Waals surface area contributed by atoms with Crippen LogP contribution in [0.1, 0.15) is 6.92 Å². The lowest BCUT2D eigenvalue weighted by Crippen LogP contribution is -2.41. The lowest BCUT2D eigenvalue weighted by molar-refractivity contribution is 0.0729. The second kappa shape index (κ2) is 5.32. The Bertz CT molecular complexity index is 700. The van der Waals surface area contributed by atoms with E-state index in [4.69, 9.17) is 4.74 Å². The van der Waals surface area contributed by atoms with Gasteiger partial charge >= 0.3 is 0 Å². The molecular weight excluding hydrogens is 300 g/mol. The first-order chi connectivity index (χ1) is 9.64. The fourth-order valence-electron chi connectivity index (χ4n) is 2.20. The summed E-state index contributed by atoms with van der Waals surface area (Å²) in [6.07, 6.45) is 1.74. The van der Waals surface area contributed by atoms with Gasteiger partial charge in [0.15, 0.2) is 15.8 Å². The molecule has 110 valence electrons. The SMILES string of the molecule is CCNc1nc2sccn2c1S(=O)(=O)N1CCOCC1. The molecule has 7 nitrogen and oxygen atoms in total. The number of hydrogen-bond donors (Lipinski definition) is 1. The molecule has 1 N–H and O–H groups in total. The number of nitrogens with one attached hydrogen (secondary N) is 1. The molecule has 2 aromatic rings. The van der Waals surface area contributed by atoms with Crippen molar-refractivity contribution in [2.45, 2.75) is 11.9 Å². The van der Waals surface area contributed by atoms with Crippen molar-refractivity contribution in [3.63, 3.8) is 0 Å². The van der Waals surface area contributed by atoms with Crippen molar-refractivity contribution in [1.29, 1.82) is 0 Å². The van der Waals surface area contributed by atoms with Gasteiger partial charge in [-0.05, 0) is 6.92 Å². The zero-order valence-electron chi connectivity index (χ0n) is 11.1. The maximum Gasteiger partial charge on any atom is 0.263 e. The zero-order chi connectivity index (χ0) is 14.2. The summed E-state index contributed by atoms with van der Waals surface area (Å²) in [6.45, 7) is 4.16. The fourth-order valence-corrected chi connectivity index (χ4v) is 4.61. The normalized spacial score (nSPS) is 17.6. The van der Waals surface area contributed by atoms with Crippen LogP contribution in [-0.2, 0) is 14.8 Å². The number of ether oxygens (including phenoxy) is 1. The average Bonchev–Trinajstić information content (AvgIpc) is 3.00. The lowest BCUT2D eigenvalue weighted by atomic mass is 10.5. The molecule has 0 aromatic carbocycles. The van der Waals surface area contributed by atoms with Gasteiger partial charge in [-0.3, -0.25) is 4.40 Å². The molecule has 1 saturated heterocycles. The predicted octanol–water partition coefficient (Wildman–Crippen LogP) is 0.848. The molecule has 0 amide bonds. The minimum absolute atomic E-state index is 0.220. The number of thiazole rings is 1. The number of imidazole rings is 1. The standard InChI is InChI=1S/C11H16N4O3S2/c1-2-12-9-10(15-5-8-19-11(15)13-9)20(16,17)14-3-6-18-7-4-14/h5,8,12H,2-4,6-7H2,1H3. The van der Waals surface area contributed by atoms with Crippen molar-refractivity contribution in [3.8, 4) is 0 Å². The molecule has 20 heavy (non-hydrogen) atoms. The van der Waals surface area contributed by atoms with E-state index in [0.29, 0.717) is 43.6 Å². The van der Waals surface area contributed by atoms with Gasteiger partial charge in [0.05, 0.1) is 13.2 Å². The number of morpholine rings is 1. The van der Waals surface area contributed by atoms with Crippen LogP contribution in [0.25, 0.3) is 4.96 Å². The monoisotopic (exact) mass is 316 g/mol. The van der Waals surface area contributed by atoms with E-state index in [1.165, 1.54) is 15.6 Å². The minimum Gasteiger partial charge on any atom is -0.379 e. The Labute approximate surface area is 121 Å². The van der Waals surface area contributed by atoms with Gasteiger partial charge < -0.3 is 10.1 Å². The van der Waals surface area contributed by atoms with E-state index < -0.39 is 10.0 Å². The maximum absolute atomic E-state index is 12.8. The summed E-state index contributed by atoms with van der Waals surface area (Å²) in [6, 6.07) is 0. The number of hydrogen-bond acceptors (Lipinski definition) is 6. The summed E-state index contributed by atoms with van der Waals surface area (Å²) in [5.41, 5.74) is 0. The van der Waals surface area contributed by atoms with E-state index in [0.717, 1.165) is 0 Å². The van der Waals surface area contributed by atoms with Crippen LogP contribution in [0.5, 0.6) is 0 Å². The van der Waals surface area contributed by atoms with Gasteiger partial charge in [0, 0.05) is 31.2 Å². The lowest BCUT2D eigenvalue weighted by Gasteiger charge is -2.25. The van der Waals surface area contributed by atoms with Gasteiger partial charge in [0.25, 0.3) is 10.0 Å². The first-order valence-electron chi connectivity index (χ1n) is 6.42. The molecule has 1 aliphatic rings. The number of nitrogens with zero attached hydrogens (tertiary/aromatic N) is 3. The van der Waals surface area contributed by atoms with Gasteiger partial charge in [-0.15, -0.1) is 11.3 Å². The van der Waals surface area contributed by atoms with E-state index in [1.807, 2.05) is 12.3 Å². The van der Waals surface area contributed by atoms with E-state index in [9.17, 15) is 8.42 Å². The molecule has 1 aliphatic heterocycles. The Balaban J connectivity index is 2.10. The molecule has 3 rings (SSSR count). The van der Waals surface area contributed by atoms with Crippen LogP contribution >= 0.6 is 11.3 Å². The van der Waals surface area contributed by atoms with Gasteiger partial charge in [0.2, 0.25) is 0 Å². The molecule has 9 heteroatoms. The van der Waals surface area contributed by atoms with Gasteiger partial charge in [-0.2, -0.15) is 4.31 Å². The van der Waals surface area contributed by atoms with Crippen LogP contribution in [0, 0.1) is 0 Å². The molecule has 0 aliphatic carbocycles. The average molecular weight is 316 g/mol. The second-order valence-electron chi connectivity index (χ2n) is 4.37. The topological polar surface area (TPSA) is 75.9 Å². The van der Waals surface area contributed by atoms with Gasteiger partial charge in [-0.1, -0.05) is 0 Å². The van der Waals surface area contributed by atoms with E-state index in [1.54, 1.807) is 10.6 Å². The highest BCUT2D eigenvalue weighted by Crippen LogP contribution is 2.28. The number of fused-ring (bicyclic) bond motifs is 1. The van der Waals surface area contributed by atoms with Crippen LogP contribution in [-0.4, -0.2) is 55.0 Å². The number of rotatable bonds is 4. The van der Waals surface area contributed by atoms with E-state index >= 15 is 0 Å². The zero-order valence-corrected chi connectivity index (χ0v) is 12.7. The maximum atomic E-state index is 12.8. The summed E-state index contributed by atoms with van der Waals surface area (Å²) in [5, 5.41) is 5.08. The smallest absolute Gasteiger partial charge is 0.263 e. The Hall–Kier alpha value is -1.16. The highest BCUT2D eigenvalue weighted by atomic mass is 32.2. The van der Waals surface area contributed by atoms with Crippen molar-refractivity contribution in [3.05, 3.63) is 11.6 Å². The van der Waals surface area contributed by atoms with Crippen LogP contribution in [0.3, 0.4) is 0 Å². The fraction of sp³-hybridized carbons (Fsp3) is 0.545. The number of sulfonamides is 1. The molecule has 3 heterocycles. The third kappa shape index (κ3) is 2.20. The largest absolute Gasteiger partial charge is 0.379 e. The van der Waals surface area contributed by atoms with Crippen LogP contribution in [0.4, 0.5) is 5.82 Å². The molecule has 0 unspecified atom stereocenters. The Morgan fingerprint density at radius 3 is 2.90 bits per heavy atom. The molecule has 0 radical (unpaired) electrons. The second-order valence-corrected chi connectivity index (χ2v) is 7.09. The summed E-state index contributed by atoms with van der Waals surface area (Å²) in [5.74, 6) is 0.422. The first kappa shape index (κ1) is 13.8. The molecule has 0 spiro atoms. The quantitative estimate of drug-likeness (QED) is 0.905. The van der Waals surface area contributed by atoms with Crippen LogP contribution < -0.4 is 5.32 Å². The molecule has 0 bridgehead atoms. The van der Waals surface area contributed by atoms with Crippen molar-refractivity contribution in [2.24, 2.45) is 0 Å². The molecule has 1 fully saturated rings. The summed E-state index contributed by atoms with van der Waals surface area (Å²) >= 11 is 1.42. The Morgan fingerprint density at radius 2 is 2.20 bits per heavy atom. The third-order valence-corrected chi connectivity index (χ3v) is 5.80. The molecule has 0 atom stereocenters. The number of anilines is 1. The van der Waals surface area contributed by atoms with Gasteiger partial charge in [0.1, 0.15) is 0 Å². The van der Waals surface area contributed by atoms with E-state index in [2.05, 4.69) is 10.3 Å². The summed E-state index contributed by atoms with van der Waals surface area (Å²) < 4.78 is 34.0. The summed E-state index contributed by atoms with van der Waals surface area (Å²) in [4.78, 5) is 5.03. The van der Waals surface area contributed by atoms with E-state index in [-0.39, 0.29) is 5.03 Å². The van der Waals surface area contributed by atoms with Crippen LogP contribution in [0.2, 0.25) is 0 Å². The third-order valence-electron chi connectivity index (χ3n) is 3.12. The van der Waals surface area contributed by atoms with Gasteiger partial charge in [-0.25, -0.2) is 13.4 Å². The molecular formula is C11H16N4O3S2. The Morgan fingerprint density at radius 1 is 1.45 bits per heavy atom. The Kier molecular flexibility index (Phi) is 3.67. The van der Waals surface area contributed by atoms with Crippen molar-refractivity contribution in [2.75, 3.05) is 38.2 Å². The highest BCUT2D eigenvalue weighted by Gasteiger charge is 2.32. The van der Waals surface area contributed by atoms with Crippen LogP contribution in [0.15, 0.2) is 16.6 Å². The van der Waals surface area contributed by atoms with Crippen molar-refractivity contribution in [1.82, 2.24) is 13.7 Å². The number of aromatic nitrogens is 2. The van der Waals surface area contributed by atoms with Crippen molar-refractivity contribution < 1.29 is 13.2 Å². The minimum atomic E-state index is -3.57. The first-order valence-corrected chi connectivity index (χ1v) is 8.74. The highest BCUT2D eigenvalue weighted by molar-refractivity contribution is 7.89.